The van der Waals surface area contributed by atoms with E-state index >= 15 is 0 Å². The maximum absolute atomic E-state index is 12.0. The molecule has 1 aromatic carbocycles. The fourth-order valence-corrected chi connectivity index (χ4v) is 2.80. The zero-order valence-electron chi connectivity index (χ0n) is 10.3. The summed E-state index contributed by atoms with van der Waals surface area (Å²) in [5, 5.41) is 0. The van der Waals surface area contributed by atoms with Crippen LogP contribution < -0.4 is 0 Å². The van der Waals surface area contributed by atoms with Crippen molar-refractivity contribution >= 4 is 21.9 Å². The molecule has 0 unspecified atom stereocenters. The molecule has 0 N–H and O–H groups in total. The Hall–Kier alpha value is -0.830. The highest BCUT2D eigenvalue weighted by Crippen LogP contribution is 2.49. The van der Waals surface area contributed by atoms with Crippen molar-refractivity contribution in [3.63, 3.8) is 0 Å². The Bertz CT molecular complexity index is 436. The predicted octanol–water partition coefficient (Wildman–Crippen LogP) is 3.61. The van der Waals surface area contributed by atoms with Gasteiger partial charge in [0.2, 0.25) is 0 Å². The number of ether oxygens (including phenoxy) is 1. The Morgan fingerprint density at radius 3 is 2.59 bits per heavy atom. The summed E-state index contributed by atoms with van der Waals surface area (Å²) in [6.45, 7) is 4.43. The first-order chi connectivity index (χ1) is 8.14. The van der Waals surface area contributed by atoms with Crippen LogP contribution in [-0.4, -0.2) is 12.6 Å². The zero-order chi connectivity index (χ0) is 12.5. The molecule has 2 nitrogen and oxygen atoms in total. The SMILES string of the molecule is CCOC(=O)C1(c2ccc(CC)c(Br)c2)CC1. The Morgan fingerprint density at radius 1 is 1.41 bits per heavy atom. The minimum atomic E-state index is -0.356. The van der Waals surface area contributed by atoms with Gasteiger partial charge in [-0.15, -0.1) is 0 Å². The first-order valence-corrected chi connectivity index (χ1v) is 6.89. The maximum atomic E-state index is 12.0. The van der Waals surface area contributed by atoms with Gasteiger partial charge < -0.3 is 4.74 Å². The average Bonchev–Trinajstić information content (AvgIpc) is 3.10. The van der Waals surface area contributed by atoms with E-state index in [0.717, 1.165) is 29.3 Å². The van der Waals surface area contributed by atoms with Crippen molar-refractivity contribution in [3.05, 3.63) is 33.8 Å². The van der Waals surface area contributed by atoms with Gasteiger partial charge in [-0.2, -0.15) is 0 Å². The van der Waals surface area contributed by atoms with Crippen molar-refractivity contribution in [1.29, 1.82) is 0 Å². The molecule has 92 valence electrons. The molecule has 0 aliphatic heterocycles. The molecule has 0 saturated heterocycles. The molecular weight excluding hydrogens is 280 g/mol. The fourth-order valence-electron chi connectivity index (χ4n) is 2.14. The van der Waals surface area contributed by atoms with E-state index in [-0.39, 0.29) is 11.4 Å². The van der Waals surface area contributed by atoms with Gasteiger partial charge in [-0.05, 0) is 43.4 Å². The molecule has 2 rings (SSSR count). The molecule has 0 heterocycles. The number of carbonyl (C=O) groups excluding carboxylic acids is 1. The lowest BCUT2D eigenvalue weighted by Crippen LogP contribution is -2.23. The molecule has 17 heavy (non-hydrogen) atoms. The van der Waals surface area contributed by atoms with Gasteiger partial charge in [0.05, 0.1) is 12.0 Å². The van der Waals surface area contributed by atoms with E-state index in [1.807, 2.05) is 6.92 Å². The van der Waals surface area contributed by atoms with Crippen molar-refractivity contribution < 1.29 is 9.53 Å². The Balaban J connectivity index is 2.28. The van der Waals surface area contributed by atoms with Crippen LogP contribution in [0.2, 0.25) is 0 Å². The van der Waals surface area contributed by atoms with E-state index in [2.05, 4.69) is 41.1 Å². The van der Waals surface area contributed by atoms with Gasteiger partial charge in [-0.3, -0.25) is 4.79 Å². The van der Waals surface area contributed by atoms with E-state index in [9.17, 15) is 4.79 Å². The van der Waals surface area contributed by atoms with E-state index in [1.165, 1.54) is 5.56 Å². The first-order valence-electron chi connectivity index (χ1n) is 6.10. The molecule has 0 spiro atoms. The minimum absolute atomic E-state index is 0.0730. The molecule has 1 aromatic rings. The van der Waals surface area contributed by atoms with Crippen molar-refractivity contribution in [2.75, 3.05) is 6.61 Å². The standard InChI is InChI=1S/C14H17BrO2/c1-3-10-5-6-11(9-12(10)15)14(7-8-14)13(16)17-4-2/h5-6,9H,3-4,7-8H2,1-2H3. The number of benzene rings is 1. The molecule has 0 aromatic heterocycles. The number of carbonyl (C=O) groups is 1. The zero-order valence-corrected chi connectivity index (χ0v) is 11.8. The smallest absolute Gasteiger partial charge is 0.316 e. The molecule has 1 aliphatic rings. The van der Waals surface area contributed by atoms with Crippen LogP contribution in [0.5, 0.6) is 0 Å². The third-order valence-corrected chi connectivity index (χ3v) is 4.14. The van der Waals surface area contributed by atoms with Crippen LogP contribution >= 0.6 is 15.9 Å². The normalized spacial score (nSPS) is 16.6. The number of hydrogen-bond acceptors (Lipinski definition) is 2. The van der Waals surface area contributed by atoms with Gasteiger partial charge in [0.25, 0.3) is 0 Å². The van der Waals surface area contributed by atoms with Crippen LogP contribution in [-0.2, 0) is 21.4 Å². The lowest BCUT2D eigenvalue weighted by molar-refractivity contribution is -0.146. The first kappa shape index (κ1) is 12.6. The van der Waals surface area contributed by atoms with Crippen LogP contribution in [0.15, 0.2) is 22.7 Å². The predicted molar refractivity (Wildman–Crippen MR) is 71.1 cm³/mol. The van der Waals surface area contributed by atoms with Gasteiger partial charge in [0.1, 0.15) is 0 Å². The lowest BCUT2D eigenvalue weighted by Gasteiger charge is -2.15. The third-order valence-electron chi connectivity index (χ3n) is 3.40. The van der Waals surface area contributed by atoms with E-state index in [0.29, 0.717) is 6.61 Å². The molecule has 0 atom stereocenters. The molecule has 0 amide bonds. The number of halogens is 1. The highest BCUT2D eigenvalue weighted by molar-refractivity contribution is 9.10. The second-order valence-electron chi connectivity index (χ2n) is 4.46. The number of rotatable bonds is 4. The van der Waals surface area contributed by atoms with E-state index in [4.69, 9.17) is 4.74 Å². The molecule has 3 heteroatoms. The van der Waals surface area contributed by atoms with Gasteiger partial charge in [0.15, 0.2) is 0 Å². The van der Waals surface area contributed by atoms with Crippen molar-refractivity contribution in [2.24, 2.45) is 0 Å². The summed E-state index contributed by atoms with van der Waals surface area (Å²) >= 11 is 3.56. The summed E-state index contributed by atoms with van der Waals surface area (Å²) in [5.41, 5.74) is 2.00. The molecule has 1 aliphatic carbocycles. The number of esters is 1. The van der Waals surface area contributed by atoms with Gasteiger partial charge in [-0.25, -0.2) is 0 Å². The highest BCUT2D eigenvalue weighted by Gasteiger charge is 2.52. The Labute approximate surface area is 110 Å². The molecule has 1 saturated carbocycles. The van der Waals surface area contributed by atoms with E-state index < -0.39 is 0 Å². The average molecular weight is 297 g/mol. The van der Waals surface area contributed by atoms with Crippen molar-refractivity contribution in [2.45, 2.75) is 38.5 Å². The third kappa shape index (κ3) is 2.25. The van der Waals surface area contributed by atoms with Crippen molar-refractivity contribution in [1.82, 2.24) is 0 Å². The van der Waals surface area contributed by atoms with Crippen LogP contribution in [0.1, 0.15) is 37.8 Å². The number of aryl methyl sites for hydroxylation is 1. The largest absolute Gasteiger partial charge is 0.465 e. The topological polar surface area (TPSA) is 26.3 Å². The summed E-state index contributed by atoms with van der Waals surface area (Å²) in [4.78, 5) is 12.0. The summed E-state index contributed by atoms with van der Waals surface area (Å²) < 4.78 is 6.26. The molecule has 0 bridgehead atoms. The second kappa shape index (κ2) is 4.81. The maximum Gasteiger partial charge on any atom is 0.316 e. The van der Waals surface area contributed by atoms with Crippen molar-refractivity contribution in [3.8, 4) is 0 Å². The summed E-state index contributed by atoms with van der Waals surface area (Å²) in [6.07, 6.45) is 2.81. The lowest BCUT2D eigenvalue weighted by atomic mass is 9.95. The highest BCUT2D eigenvalue weighted by atomic mass is 79.9. The molecule has 1 fully saturated rings. The van der Waals surface area contributed by atoms with Gasteiger partial charge in [-0.1, -0.05) is 35.0 Å². The van der Waals surface area contributed by atoms with Crippen LogP contribution in [0.4, 0.5) is 0 Å². The summed E-state index contributed by atoms with van der Waals surface area (Å²) in [7, 11) is 0. The summed E-state index contributed by atoms with van der Waals surface area (Å²) in [6, 6.07) is 6.23. The second-order valence-corrected chi connectivity index (χ2v) is 5.32. The number of hydrogen-bond donors (Lipinski definition) is 0. The fraction of sp³-hybridized carbons (Fsp3) is 0.500. The summed E-state index contributed by atoms with van der Waals surface area (Å²) in [5.74, 6) is -0.0730. The Kier molecular flexibility index (Phi) is 3.57. The molecule has 0 radical (unpaired) electrons. The van der Waals surface area contributed by atoms with E-state index in [1.54, 1.807) is 0 Å². The molecular formula is C14H17BrO2. The van der Waals surface area contributed by atoms with Gasteiger partial charge >= 0.3 is 5.97 Å². The van der Waals surface area contributed by atoms with Crippen LogP contribution in [0, 0.1) is 0 Å². The Morgan fingerprint density at radius 2 is 2.12 bits per heavy atom. The van der Waals surface area contributed by atoms with Crippen LogP contribution in [0.3, 0.4) is 0 Å². The quantitative estimate of drug-likeness (QED) is 0.794. The van der Waals surface area contributed by atoms with Crippen LogP contribution in [0.25, 0.3) is 0 Å². The minimum Gasteiger partial charge on any atom is -0.465 e. The monoisotopic (exact) mass is 296 g/mol. The van der Waals surface area contributed by atoms with Gasteiger partial charge in [0, 0.05) is 4.47 Å².